The number of methoxy groups -OCH3 is 1. The molecule has 1 aromatic carbocycles. The number of ether oxygens (including phenoxy) is 1. The Bertz CT molecular complexity index is 378. The first-order chi connectivity index (χ1) is 7.24. The highest BCUT2D eigenvalue weighted by atomic mass is 16.5. The van der Waals surface area contributed by atoms with Crippen LogP contribution in [0.3, 0.4) is 0 Å². The summed E-state index contributed by atoms with van der Waals surface area (Å²) in [7, 11) is 1.36. The van der Waals surface area contributed by atoms with Crippen LogP contribution in [-0.2, 0) is 4.74 Å². The Hall–Kier alpha value is -1.55. The van der Waals surface area contributed by atoms with Crippen molar-refractivity contribution < 1.29 is 14.6 Å². The van der Waals surface area contributed by atoms with E-state index in [1.807, 2.05) is 24.3 Å². The van der Waals surface area contributed by atoms with Gasteiger partial charge in [0.1, 0.15) is 0 Å². The Labute approximate surface area is 88.1 Å². The van der Waals surface area contributed by atoms with E-state index in [1.54, 1.807) is 4.90 Å². The molecule has 0 saturated carbocycles. The molecule has 1 atom stereocenters. The molecule has 0 aromatic heterocycles. The second-order valence-corrected chi connectivity index (χ2v) is 3.48. The standard InChI is InChI=1S/C11H13NO3/c1-15-11(14)12-7-6-10(13)8-4-2-3-5-9(8)12/h2-5,10,13H,6-7H2,1H3/t10-/m1/s1. The monoisotopic (exact) mass is 207 g/mol. The molecule has 1 aromatic rings. The number of para-hydroxylation sites is 1. The van der Waals surface area contributed by atoms with E-state index in [2.05, 4.69) is 4.74 Å². The van der Waals surface area contributed by atoms with Gasteiger partial charge < -0.3 is 9.84 Å². The average molecular weight is 207 g/mol. The molecular weight excluding hydrogens is 194 g/mol. The van der Waals surface area contributed by atoms with Crippen molar-refractivity contribution in [3.05, 3.63) is 29.8 Å². The minimum absolute atomic E-state index is 0.380. The number of benzene rings is 1. The van der Waals surface area contributed by atoms with Gasteiger partial charge in [0.25, 0.3) is 0 Å². The third-order valence-electron chi connectivity index (χ3n) is 2.61. The predicted octanol–water partition coefficient (Wildman–Crippen LogP) is 1.70. The van der Waals surface area contributed by atoms with Crippen molar-refractivity contribution >= 4 is 11.8 Å². The lowest BCUT2D eigenvalue weighted by atomic mass is 9.99. The quantitative estimate of drug-likeness (QED) is 0.704. The maximum Gasteiger partial charge on any atom is 0.414 e. The smallest absolute Gasteiger partial charge is 0.414 e. The van der Waals surface area contributed by atoms with Gasteiger partial charge in [-0.25, -0.2) is 4.79 Å². The van der Waals surface area contributed by atoms with Crippen LogP contribution in [-0.4, -0.2) is 24.9 Å². The van der Waals surface area contributed by atoms with Crippen LogP contribution in [0.2, 0.25) is 0 Å². The third kappa shape index (κ3) is 1.68. The lowest BCUT2D eigenvalue weighted by Gasteiger charge is -2.30. The molecule has 80 valence electrons. The third-order valence-corrected chi connectivity index (χ3v) is 2.61. The summed E-state index contributed by atoms with van der Waals surface area (Å²) in [5, 5.41) is 9.75. The normalized spacial score (nSPS) is 19.6. The van der Waals surface area contributed by atoms with Crippen molar-refractivity contribution in [1.29, 1.82) is 0 Å². The van der Waals surface area contributed by atoms with Crippen molar-refractivity contribution in [2.24, 2.45) is 0 Å². The minimum atomic E-state index is -0.484. The molecule has 0 spiro atoms. The number of anilines is 1. The van der Waals surface area contributed by atoms with Crippen molar-refractivity contribution in [2.75, 3.05) is 18.6 Å². The number of fused-ring (bicyclic) bond motifs is 1. The fraction of sp³-hybridized carbons (Fsp3) is 0.364. The highest BCUT2D eigenvalue weighted by molar-refractivity contribution is 5.89. The topological polar surface area (TPSA) is 49.8 Å². The number of carbonyl (C=O) groups is 1. The number of hydrogen-bond acceptors (Lipinski definition) is 3. The Morgan fingerprint density at radius 1 is 1.53 bits per heavy atom. The molecule has 0 aliphatic carbocycles. The van der Waals surface area contributed by atoms with Gasteiger partial charge in [0.2, 0.25) is 0 Å². The second kappa shape index (κ2) is 3.90. The molecule has 1 N–H and O–H groups in total. The summed E-state index contributed by atoms with van der Waals surface area (Å²) >= 11 is 0. The van der Waals surface area contributed by atoms with Gasteiger partial charge in [-0.15, -0.1) is 0 Å². The highest BCUT2D eigenvalue weighted by Crippen LogP contribution is 2.33. The van der Waals surface area contributed by atoms with Crippen LogP contribution < -0.4 is 4.90 Å². The molecule has 1 aliphatic rings. The molecule has 2 rings (SSSR count). The summed E-state index contributed by atoms with van der Waals surface area (Å²) in [5.74, 6) is 0. The Kier molecular flexibility index (Phi) is 2.60. The summed E-state index contributed by atoms with van der Waals surface area (Å²) < 4.78 is 4.69. The zero-order valence-corrected chi connectivity index (χ0v) is 8.51. The number of rotatable bonds is 0. The molecule has 4 heteroatoms. The van der Waals surface area contributed by atoms with Gasteiger partial charge >= 0.3 is 6.09 Å². The molecule has 15 heavy (non-hydrogen) atoms. The summed E-state index contributed by atoms with van der Waals surface area (Å²) in [5.41, 5.74) is 1.53. The number of aliphatic hydroxyl groups is 1. The number of carbonyl (C=O) groups excluding carboxylic acids is 1. The Balaban J connectivity index is 2.40. The molecule has 1 aliphatic heterocycles. The van der Waals surface area contributed by atoms with Crippen LogP contribution >= 0.6 is 0 Å². The van der Waals surface area contributed by atoms with E-state index in [4.69, 9.17) is 0 Å². The molecule has 1 amide bonds. The van der Waals surface area contributed by atoms with Crippen LogP contribution in [0.5, 0.6) is 0 Å². The van der Waals surface area contributed by atoms with Crippen LogP contribution in [0.25, 0.3) is 0 Å². The van der Waals surface area contributed by atoms with Crippen LogP contribution in [0.15, 0.2) is 24.3 Å². The van der Waals surface area contributed by atoms with Crippen LogP contribution in [0.4, 0.5) is 10.5 Å². The molecule has 0 bridgehead atoms. The number of nitrogens with zero attached hydrogens (tertiary/aromatic N) is 1. The highest BCUT2D eigenvalue weighted by Gasteiger charge is 2.27. The Morgan fingerprint density at radius 3 is 3.00 bits per heavy atom. The first-order valence-corrected chi connectivity index (χ1v) is 4.86. The average Bonchev–Trinajstić information content (AvgIpc) is 2.29. The fourth-order valence-electron chi connectivity index (χ4n) is 1.84. The summed E-state index contributed by atoms with van der Waals surface area (Å²) in [4.78, 5) is 13.0. The van der Waals surface area contributed by atoms with Crippen LogP contribution in [0, 0.1) is 0 Å². The lowest BCUT2D eigenvalue weighted by Crippen LogP contribution is -2.36. The van der Waals surface area contributed by atoms with Gasteiger partial charge in [-0.3, -0.25) is 4.90 Å². The largest absolute Gasteiger partial charge is 0.452 e. The van der Waals surface area contributed by atoms with Gasteiger partial charge in [-0.05, 0) is 12.5 Å². The first kappa shape index (κ1) is 9.98. The lowest BCUT2D eigenvalue weighted by molar-refractivity contribution is 0.154. The van der Waals surface area contributed by atoms with Gasteiger partial charge in [0, 0.05) is 12.1 Å². The molecule has 0 fully saturated rings. The number of aliphatic hydroxyl groups excluding tert-OH is 1. The first-order valence-electron chi connectivity index (χ1n) is 4.86. The number of hydrogen-bond donors (Lipinski definition) is 1. The predicted molar refractivity (Wildman–Crippen MR) is 55.8 cm³/mol. The number of amides is 1. The van der Waals surface area contributed by atoms with E-state index >= 15 is 0 Å². The molecule has 1 heterocycles. The van der Waals surface area contributed by atoms with Crippen LogP contribution in [0.1, 0.15) is 18.1 Å². The summed E-state index contributed by atoms with van der Waals surface area (Å²) in [6.07, 6.45) is -0.317. The molecule has 0 saturated heterocycles. The van der Waals surface area contributed by atoms with Crippen molar-refractivity contribution in [3.8, 4) is 0 Å². The maximum absolute atomic E-state index is 11.5. The van der Waals surface area contributed by atoms with Crippen molar-refractivity contribution in [1.82, 2.24) is 0 Å². The molecule has 0 radical (unpaired) electrons. The van der Waals surface area contributed by atoms with E-state index in [9.17, 15) is 9.90 Å². The van der Waals surface area contributed by atoms with E-state index in [0.717, 1.165) is 11.3 Å². The van der Waals surface area contributed by atoms with E-state index < -0.39 is 6.10 Å². The van der Waals surface area contributed by atoms with Gasteiger partial charge in [0.15, 0.2) is 0 Å². The fourth-order valence-corrected chi connectivity index (χ4v) is 1.84. The van der Waals surface area contributed by atoms with E-state index in [-0.39, 0.29) is 6.09 Å². The van der Waals surface area contributed by atoms with Gasteiger partial charge in [0.05, 0.1) is 18.9 Å². The summed E-state index contributed by atoms with van der Waals surface area (Å²) in [6, 6.07) is 7.33. The van der Waals surface area contributed by atoms with E-state index in [0.29, 0.717) is 13.0 Å². The molecule has 4 nitrogen and oxygen atoms in total. The van der Waals surface area contributed by atoms with Crippen molar-refractivity contribution in [2.45, 2.75) is 12.5 Å². The molecule has 0 unspecified atom stereocenters. The SMILES string of the molecule is COC(=O)N1CC[C@@H](O)c2ccccc21. The maximum atomic E-state index is 11.5. The zero-order chi connectivity index (χ0) is 10.8. The van der Waals surface area contributed by atoms with E-state index in [1.165, 1.54) is 7.11 Å². The van der Waals surface area contributed by atoms with Gasteiger partial charge in [-0.2, -0.15) is 0 Å². The van der Waals surface area contributed by atoms with Crippen molar-refractivity contribution in [3.63, 3.8) is 0 Å². The summed E-state index contributed by atoms with van der Waals surface area (Å²) in [6.45, 7) is 0.491. The molecular formula is C11H13NO3. The zero-order valence-electron chi connectivity index (χ0n) is 8.51. The van der Waals surface area contributed by atoms with Gasteiger partial charge in [-0.1, -0.05) is 18.2 Å². The second-order valence-electron chi connectivity index (χ2n) is 3.48. The Morgan fingerprint density at radius 2 is 2.27 bits per heavy atom. The minimum Gasteiger partial charge on any atom is -0.452 e.